The van der Waals surface area contributed by atoms with E-state index < -0.39 is 13.0 Å². The molecule has 124 valence electrons. The average Bonchev–Trinajstić information content (AvgIpc) is 3.18. The summed E-state index contributed by atoms with van der Waals surface area (Å²) in [6.07, 6.45) is 2.60. The van der Waals surface area contributed by atoms with E-state index in [2.05, 4.69) is 20.8 Å². The van der Waals surface area contributed by atoms with Gasteiger partial charge in [-0.05, 0) is 5.56 Å². The molecule has 0 bridgehead atoms. The summed E-state index contributed by atoms with van der Waals surface area (Å²) in [6, 6.07) is 1.52. The van der Waals surface area contributed by atoms with Gasteiger partial charge >= 0.3 is 0 Å². The Labute approximate surface area is 131 Å². The van der Waals surface area contributed by atoms with Crippen molar-refractivity contribution in [2.45, 2.75) is 18.9 Å². The second-order valence-electron chi connectivity index (χ2n) is 5.62. The highest BCUT2D eigenvalue weighted by atomic mass is 19.3. The fraction of sp³-hybridized carbons (Fsp3) is 0.500. The molecule has 2 atom stereocenters. The van der Waals surface area contributed by atoms with Gasteiger partial charge < -0.3 is 10.6 Å². The van der Waals surface area contributed by atoms with Crippen LogP contribution in [0.2, 0.25) is 0 Å². The van der Waals surface area contributed by atoms with E-state index in [9.17, 15) is 13.6 Å². The molecule has 3 heterocycles. The van der Waals surface area contributed by atoms with Gasteiger partial charge in [0.2, 0.25) is 5.91 Å². The van der Waals surface area contributed by atoms with Gasteiger partial charge in [-0.15, -0.1) is 0 Å². The SMILES string of the molecule is Cn1cc([C@H]2CNC[C@@H]2C(=O)Nc2ccn(CC(F)F)n2)cn1. The number of anilines is 1. The molecule has 1 fully saturated rings. The third-order valence-corrected chi connectivity index (χ3v) is 3.92. The van der Waals surface area contributed by atoms with E-state index in [0.717, 1.165) is 10.2 Å². The standard InChI is InChI=1S/C14H18F2N6O/c1-21-7-9(4-18-21)10-5-17-6-11(10)14(23)19-13-2-3-22(20-13)8-12(15)16/h2-4,7,10-12,17H,5-6,8H2,1H3,(H,19,20,23)/t10-,11+/m1/s1. The lowest BCUT2D eigenvalue weighted by Gasteiger charge is -2.16. The molecule has 0 aliphatic carbocycles. The third-order valence-electron chi connectivity index (χ3n) is 3.92. The van der Waals surface area contributed by atoms with Gasteiger partial charge in [-0.1, -0.05) is 0 Å². The predicted molar refractivity (Wildman–Crippen MR) is 79.2 cm³/mol. The van der Waals surface area contributed by atoms with Gasteiger partial charge in [0.1, 0.15) is 6.54 Å². The van der Waals surface area contributed by atoms with Gasteiger partial charge in [0.15, 0.2) is 5.82 Å². The minimum Gasteiger partial charge on any atom is -0.315 e. The minimum absolute atomic E-state index is 0.0341. The number of aryl methyl sites for hydroxylation is 1. The van der Waals surface area contributed by atoms with Crippen molar-refractivity contribution >= 4 is 11.7 Å². The maximum Gasteiger partial charge on any atom is 0.257 e. The van der Waals surface area contributed by atoms with Gasteiger partial charge in [-0.3, -0.25) is 14.2 Å². The topological polar surface area (TPSA) is 76.8 Å². The van der Waals surface area contributed by atoms with E-state index >= 15 is 0 Å². The van der Waals surface area contributed by atoms with Crippen LogP contribution in [0.25, 0.3) is 0 Å². The summed E-state index contributed by atoms with van der Waals surface area (Å²) in [5, 5.41) is 14.0. The number of nitrogens with zero attached hydrogens (tertiary/aromatic N) is 4. The Bertz CT molecular complexity index is 682. The van der Waals surface area contributed by atoms with Crippen LogP contribution >= 0.6 is 0 Å². The molecule has 1 saturated heterocycles. The summed E-state index contributed by atoms with van der Waals surface area (Å²) in [5.74, 6) is -0.107. The molecule has 2 N–H and O–H groups in total. The van der Waals surface area contributed by atoms with Crippen LogP contribution < -0.4 is 10.6 Å². The van der Waals surface area contributed by atoms with Crippen LogP contribution in [-0.2, 0) is 18.4 Å². The molecule has 2 aromatic rings. The van der Waals surface area contributed by atoms with Gasteiger partial charge in [-0.25, -0.2) is 8.78 Å². The number of nitrogens with one attached hydrogen (secondary N) is 2. The van der Waals surface area contributed by atoms with Crippen LogP contribution in [0.4, 0.5) is 14.6 Å². The average molecular weight is 324 g/mol. The number of alkyl halides is 2. The number of amides is 1. The summed E-state index contributed by atoms with van der Waals surface area (Å²) in [7, 11) is 1.83. The van der Waals surface area contributed by atoms with E-state index in [1.54, 1.807) is 10.9 Å². The lowest BCUT2D eigenvalue weighted by molar-refractivity contribution is -0.119. The molecule has 2 aromatic heterocycles. The Morgan fingerprint density at radius 3 is 3.04 bits per heavy atom. The monoisotopic (exact) mass is 324 g/mol. The van der Waals surface area contributed by atoms with E-state index in [0.29, 0.717) is 13.1 Å². The Balaban J connectivity index is 1.66. The van der Waals surface area contributed by atoms with E-state index in [-0.39, 0.29) is 23.6 Å². The van der Waals surface area contributed by atoms with Crippen molar-refractivity contribution in [1.29, 1.82) is 0 Å². The highest BCUT2D eigenvalue weighted by Crippen LogP contribution is 2.28. The van der Waals surface area contributed by atoms with Crippen molar-refractivity contribution in [2.75, 3.05) is 18.4 Å². The molecule has 1 aliphatic heterocycles. The maximum atomic E-state index is 12.5. The number of hydrogen-bond acceptors (Lipinski definition) is 4. The van der Waals surface area contributed by atoms with Crippen LogP contribution in [0.15, 0.2) is 24.7 Å². The molecule has 7 nitrogen and oxygen atoms in total. The Kier molecular flexibility index (Phi) is 4.37. The van der Waals surface area contributed by atoms with Gasteiger partial charge in [-0.2, -0.15) is 10.2 Å². The first-order valence-electron chi connectivity index (χ1n) is 7.34. The molecular formula is C14H18F2N6O. The van der Waals surface area contributed by atoms with E-state index in [4.69, 9.17) is 0 Å². The molecule has 0 saturated carbocycles. The zero-order valence-electron chi connectivity index (χ0n) is 12.6. The summed E-state index contributed by atoms with van der Waals surface area (Å²) in [4.78, 5) is 12.5. The van der Waals surface area contributed by atoms with Crippen molar-refractivity contribution in [3.63, 3.8) is 0 Å². The first-order chi connectivity index (χ1) is 11.0. The molecule has 0 unspecified atom stereocenters. The first-order valence-corrected chi connectivity index (χ1v) is 7.34. The smallest absolute Gasteiger partial charge is 0.257 e. The number of halogens is 2. The molecule has 0 radical (unpaired) electrons. The fourth-order valence-electron chi connectivity index (χ4n) is 2.83. The zero-order chi connectivity index (χ0) is 16.4. The van der Waals surface area contributed by atoms with Crippen molar-refractivity contribution in [3.8, 4) is 0 Å². The number of aromatic nitrogens is 4. The maximum absolute atomic E-state index is 12.5. The summed E-state index contributed by atoms with van der Waals surface area (Å²) >= 11 is 0. The molecule has 1 amide bonds. The largest absolute Gasteiger partial charge is 0.315 e. The zero-order valence-corrected chi connectivity index (χ0v) is 12.6. The quantitative estimate of drug-likeness (QED) is 0.854. The molecular weight excluding hydrogens is 306 g/mol. The summed E-state index contributed by atoms with van der Waals surface area (Å²) < 4.78 is 27.4. The van der Waals surface area contributed by atoms with Crippen molar-refractivity contribution in [2.24, 2.45) is 13.0 Å². The Morgan fingerprint density at radius 2 is 2.35 bits per heavy atom. The molecule has 0 aromatic carbocycles. The lowest BCUT2D eigenvalue weighted by atomic mass is 9.90. The molecule has 9 heteroatoms. The van der Waals surface area contributed by atoms with Crippen molar-refractivity contribution in [1.82, 2.24) is 24.9 Å². The highest BCUT2D eigenvalue weighted by Gasteiger charge is 2.34. The van der Waals surface area contributed by atoms with Crippen LogP contribution in [0.1, 0.15) is 11.5 Å². The first kappa shape index (κ1) is 15.6. The summed E-state index contributed by atoms with van der Waals surface area (Å²) in [5.41, 5.74) is 1.00. The molecule has 3 rings (SSSR count). The minimum atomic E-state index is -2.48. The molecule has 1 aliphatic rings. The number of carbonyl (C=O) groups excluding carboxylic acids is 1. The number of hydrogen-bond donors (Lipinski definition) is 2. The van der Waals surface area contributed by atoms with Crippen molar-refractivity contribution in [3.05, 3.63) is 30.2 Å². The fourth-order valence-corrected chi connectivity index (χ4v) is 2.83. The number of carbonyl (C=O) groups is 1. The van der Waals surface area contributed by atoms with Gasteiger partial charge in [0.05, 0.1) is 12.1 Å². The summed E-state index contributed by atoms with van der Waals surface area (Å²) in [6.45, 7) is 0.770. The van der Waals surface area contributed by atoms with E-state index in [1.165, 1.54) is 12.3 Å². The Hall–Kier alpha value is -2.29. The third kappa shape index (κ3) is 3.55. The van der Waals surface area contributed by atoms with Crippen LogP contribution in [-0.4, -0.2) is 45.0 Å². The Morgan fingerprint density at radius 1 is 1.52 bits per heavy atom. The molecule has 23 heavy (non-hydrogen) atoms. The number of rotatable bonds is 5. The molecule has 0 spiro atoms. The second kappa shape index (κ2) is 6.45. The second-order valence-corrected chi connectivity index (χ2v) is 5.62. The lowest BCUT2D eigenvalue weighted by Crippen LogP contribution is -2.28. The normalized spacial score (nSPS) is 21.0. The van der Waals surface area contributed by atoms with Crippen LogP contribution in [0, 0.1) is 5.92 Å². The van der Waals surface area contributed by atoms with Crippen LogP contribution in [0.3, 0.4) is 0 Å². The van der Waals surface area contributed by atoms with Gasteiger partial charge in [0.25, 0.3) is 6.43 Å². The van der Waals surface area contributed by atoms with Gasteiger partial charge in [0, 0.05) is 44.5 Å². The highest BCUT2D eigenvalue weighted by molar-refractivity contribution is 5.92. The van der Waals surface area contributed by atoms with E-state index in [1.807, 2.05) is 13.2 Å². The predicted octanol–water partition coefficient (Wildman–Crippen LogP) is 0.823. The van der Waals surface area contributed by atoms with Crippen molar-refractivity contribution < 1.29 is 13.6 Å². The van der Waals surface area contributed by atoms with Crippen LogP contribution in [0.5, 0.6) is 0 Å².